The second kappa shape index (κ2) is 5.75. The van der Waals surface area contributed by atoms with Crippen molar-refractivity contribution in [2.24, 2.45) is 0 Å². The fourth-order valence-electron chi connectivity index (χ4n) is 1.95. The predicted octanol–water partition coefficient (Wildman–Crippen LogP) is 3.41. The van der Waals surface area contributed by atoms with Gasteiger partial charge in [-0.1, -0.05) is 35.6 Å². The van der Waals surface area contributed by atoms with Gasteiger partial charge in [-0.3, -0.25) is 4.79 Å². The van der Waals surface area contributed by atoms with E-state index in [0.717, 1.165) is 10.2 Å². The minimum atomic E-state index is -0.411. The third-order valence-electron chi connectivity index (χ3n) is 2.93. The van der Waals surface area contributed by atoms with Crippen LogP contribution in [0.15, 0.2) is 58.2 Å². The van der Waals surface area contributed by atoms with Crippen molar-refractivity contribution < 1.29 is 9.53 Å². The molecule has 106 valence electrons. The van der Waals surface area contributed by atoms with Gasteiger partial charge in [0.1, 0.15) is 0 Å². The van der Waals surface area contributed by atoms with E-state index in [0.29, 0.717) is 10.5 Å². The van der Waals surface area contributed by atoms with Gasteiger partial charge in [-0.25, -0.2) is 8.77 Å². The number of methoxy groups -OCH3 is 1. The van der Waals surface area contributed by atoms with Crippen molar-refractivity contribution in [1.29, 1.82) is 0 Å². The Balaban J connectivity index is 2.09. The molecule has 0 spiro atoms. The van der Waals surface area contributed by atoms with Gasteiger partial charge in [0.2, 0.25) is 0 Å². The molecule has 0 fully saturated rings. The maximum atomic E-state index is 12.1. The molecule has 4 nitrogen and oxygen atoms in total. The molecule has 0 bridgehead atoms. The lowest BCUT2D eigenvalue weighted by Crippen LogP contribution is -2.08. The summed E-state index contributed by atoms with van der Waals surface area (Å²) in [6.07, 6.45) is 0. The second-order valence-electron chi connectivity index (χ2n) is 4.21. The standard InChI is InChI=1S/C15H11NO3S2/c1-19-14(17)10-6-2-4-8-12(10)21-16-11-7-3-5-9-13(11)20-15(16)18/h2-9H,1H3. The van der Waals surface area contributed by atoms with Crippen LogP contribution >= 0.6 is 23.3 Å². The monoisotopic (exact) mass is 317 g/mol. The van der Waals surface area contributed by atoms with Crippen LogP contribution in [0, 0.1) is 0 Å². The number of aromatic nitrogens is 1. The van der Waals surface area contributed by atoms with Crippen LogP contribution in [-0.2, 0) is 4.74 Å². The van der Waals surface area contributed by atoms with E-state index in [1.807, 2.05) is 30.3 Å². The van der Waals surface area contributed by atoms with Gasteiger partial charge in [0.25, 0.3) is 0 Å². The number of fused-ring (bicyclic) bond motifs is 1. The van der Waals surface area contributed by atoms with E-state index < -0.39 is 5.97 Å². The fraction of sp³-hybridized carbons (Fsp3) is 0.0667. The van der Waals surface area contributed by atoms with E-state index >= 15 is 0 Å². The molecule has 0 unspecified atom stereocenters. The highest BCUT2D eigenvalue weighted by atomic mass is 32.2. The van der Waals surface area contributed by atoms with Gasteiger partial charge in [-0.2, -0.15) is 0 Å². The summed E-state index contributed by atoms with van der Waals surface area (Å²) in [7, 11) is 1.34. The van der Waals surface area contributed by atoms with E-state index in [4.69, 9.17) is 4.74 Å². The summed E-state index contributed by atoms with van der Waals surface area (Å²) in [6.45, 7) is 0. The molecule has 0 aliphatic rings. The predicted molar refractivity (Wildman–Crippen MR) is 85.1 cm³/mol. The molecule has 6 heteroatoms. The number of para-hydroxylation sites is 1. The number of nitrogens with zero attached hydrogens (tertiary/aromatic N) is 1. The minimum Gasteiger partial charge on any atom is -0.465 e. The third-order valence-corrected chi connectivity index (χ3v) is 5.06. The first-order valence-corrected chi connectivity index (χ1v) is 7.76. The maximum Gasteiger partial charge on any atom is 0.339 e. The third kappa shape index (κ3) is 2.59. The van der Waals surface area contributed by atoms with E-state index in [9.17, 15) is 9.59 Å². The van der Waals surface area contributed by atoms with Gasteiger partial charge in [-0.15, -0.1) is 0 Å². The molecule has 0 saturated heterocycles. The Morgan fingerprint density at radius 2 is 1.86 bits per heavy atom. The Morgan fingerprint density at radius 3 is 2.67 bits per heavy atom. The molecule has 0 N–H and O–H groups in total. The first-order valence-electron chi connectivity index (χ1n) is 6.17. The van der Waals surface area contributed by atoms with Crippen molar-refractivity contribution in [2.45, 2.75) is 4.90 Å². The summed E-state index contributed by atoms with van der Waals surface area (Å²) in [5, 5.41) is 0. The van der Waals surface area contributed by atoms with Crippen LogP contribution < -0.4 is 4.87 Å². The molecule has 0 aliphatic carbocycles. The molecule has 0 saturated carbocycles. The Kier molecular flexibility index (Phi) is 3.81. The van der Waals surface area contributed by atoms with Crippen molar-refractivity contribution in [3.63, 3.8) is 0 Å². The Hall–Kier alpha value is -2.05. The van der Waals surface area contributed by atoms with Crippen LogP contribution in [-0.4, -0.2) is 17.1 Å². The van der Waals surface area contributed by atoms with E-state index in [1.54, 1.807) is 22.2 Å². The average molecular weight is 317 g/mol. The van der Waals surface area contributed by atoms with Crippen molar-refractivity contribution in [3.8, 4) is 0 Å². The van der Waals surface area contributed by atoms with Gasteiger partial charge in [0.15, 0.2) is 0 Å². The lowest BCUT2D eigenvalue weighted by Gasteiger charge is -2.07. The van der Waals surface area contributed by atoms with Crippen molar-refractivity contribution >= 4 is 39.5 Å². The summed E-state index contributed by atoms with van der Waals surface area (Å²) in [5.74, 6) is -0.411. The number of carbonyl (C=O) groups is 1. The van der Waals surface area contributed by atoms with Crippen LogP contribution in [0.25, 0.3) is 10.2 Å². The van der Waals surface area contributed by atoms with Gasteiger partial charge in [-0.05, 0) is 36.2 Å². The summed E-state index contributed by atoms with van der Waals surface area (Å²) in [4.78, 5) is 24.6. The summed E-state index contributed by atoms with van der Waals surface area (Å²) >= 11 is 2.42. The maximum absolute atomic E-state index is 12.1. The van der Waals surface area contributed by atoms with E-state index in [2.05, 4.69) is 0 Å². The van der Waals surface area contributed by atoms with Gasteiger partial charge in [0, 0.05) is 4.90 Å². The molecule has 3 aromatic rings. The van der Waals surface area contributed by atoms with Gasteiger partial charge in [0.05, 0.1) is 22.9 Å². The van der Waals surface area contributed by atoms with Crippen LogP contribution in [0.2, 0.25) is 0 Å². The fourth-order valence-corrected chi connectivity index (χ4v) is 3.93. The SMILES string of the molecule is COC(=O)c1ccccc1Sn1c(=O)sc2ccccc21. The lowest BCUT2D eigenvalue weighted by molar-refractivity contribution is 0.0597. The molecular weight excluding hydrogens is 306 g/mol. The molecule has 0 amide bonds. The van der Waals surface area contributed by atoms with Gasteiger partial charge < -0.3 is 4.74 Å². The van der Waals surface area contributed by atoms with Crippen LogP contribution in [0.4, 0.5) is 0 Å². The molecule has 2 aromatic carbocycles. The Labute approximate surface area is 129 Å². The second-order valence-corrected chi connectivity index (χ2v) is 6.19. The quantitative estimate of drug-likeness (QED) is 0.695. The molecule has 0 atom stereocenters. The highest BCUT2D eigenvalue weighted by Crippen LogP contribution is 2.28. The number of hydrogen-bond acceptors (Lipinski definition) is 5. The number of esters is 1. The average Bonchev–Trinajstić information content (AvgIpc) is 2.83. The molecular formula is C15H11NO3S2. The summed E-state index contributed by atoms with van der Waals surface area (Å²) in [6, 6.07) is 14.7. The van der Waals surface area contributed by atoms with Crippen molar-refractivity contribution in [3.05, 3.63) is 63.8 Å². The molecule has 0 aliphatic heterocycles. The Morgan fingerprint density at radius 1 is 1.14 bits per heavy atom. The highest BCUT2D eigenvalue weighted by Gasteiger charge is 2.15. The van der Waals surface area contributed by atoms with Crippen molar-refractivity contribution in [2.75, 3.05) is 7.11 Å². The molecule has 1 aromatic heterocycles. The number of ether oxygens (including phenoxy) is 1. The first-order chi connectivity index (χ1) is 10.2. The normalized spacial score (nSPS) is 10.7. The summed E-state index contributed by atoms with van der Waals surface area (Å²) < 4.78 is 7.30. The first kappa shape index (κ1) is 13.9. The Bertz CT molecular complexity index is 866. The smallest absolute Gasteiger partial charge is 0.339 e. The van der Waals surface area contributed by atoms with Gasteiger partial charge >= 0.3 is 10.8 Å². The topological polar surface area (TPSA) is 48.3 Å². The van der Waals surface area contributed by atoms with E-state index in [-0.39, 0.29) is 4.87 Å². The van der Waals surface area contributed by atoms with Crippen LogP contribution in [0.3, 0.4) is 0 Å². The molecule has 1 heterocycles. The zero-order valence-corrected chi connectivity index (χ0v) is 12.7. The number of hydrogen-bond donors (Lipinski definition) is 0. The van der Waals surface area contributed by atoms with Crippen LogP contribution in [0.5, 0.6) is 0 Å². The lowest BCUT2D eigenvalue weighted by atomic mass is 10.2. The number of benzene rings is 2. The minimum absolute atomic E-state index is 0.0686. The number of carbonyl (C=O) groups excluding carboxylic acids is 1. The largest absolute Gasteiger partial charge is 0.465 e. The zero-order chi connectivity index (χ0) is 14.8. The summed E-state index contributed by atoms with van der Waals surface area (Å²) in [5.41, 5.74) is 1.30. The van der Waals surface area contributed by atoms with Crippen LogP contribution in [0.1, 0.15) is 10.4 Å². The molecule has 21 heavy (non-hydrogen) atoms. The van der Waals surface area contributed by atoms with E-state index in [1.165, 1.54) is 30.4 Å². The highest BCUT2D eigenvalue weighted by molar-refractivity contribution is 7.98. The molecule has 0 radical (unpaired) electrons. The number of thiazole rings is 1. The zero-order valence-electron chi connectivity index (χ0n) is 11.1. The van der Waals surface area contributed by atoms with Crippen molar-refractivity contribution in [1.82, 2.24) is 3.97 Å². The number of rotatable bonds is 3. The molecule has 3 rings (SSSR count).